The predicted octanol–water partition coefficient (Wildman–Crippen LogP) is -1.42. The SMILES string of the molecule is NC(=O)c1ccc[n+]([C@@H]2O[C@H](COP(=O)(O)OP(=O)(O)OC[C@H]3O[C@@H](n4c(N5CCCCC5)nc5c(N)ccnc54)C(O)[C@H]3O)C(O)C2O)c1. The van der Waals surface area contributed by atoms with Crippen LogP contribution in [-0.2, 0) is 32.0 Å². The Kier molecular flexibility index (Phi) is 10.6. The van der Waals surface area contributed by atoms with Crippen molar-refractivity contribution in [1.29, 1.82) is 0 Å². The molecule has 274 valence electrons. The summed E-state index contributed by atoms with van der Waals surface area (Å²) in [5, 5.41) is 42.7. The van der Waals surface area contributed by atoms with Crippen LogP contribution >= 0.6 is 15.6 Å². The standard InChI is InChI=1S/C27H37N7O14P2/c28-15-6-7-30-24-18(15)31-27(32-8-2-1-3-9-32)34(24)26-22(38)20(36)17(47-26)13-45-50(42,43)48-49(40,41)44-12-16-19(35)21(37)25(46-16)33-10-4-5-14(11-33)23(29)39/h4-7,10-11,16-17,19-22,25-26,35-38H,1-3,8-9,12-13H2,(H5-,28,29,30,39,40,41,42,43)/p+1/t16-,17-,19?,20+,21?,22?,25-,26-/m1/s1. The molecule has 10 atom stereocenters. The van der Waals surface area contributed by atoms with Gasteiger partial charge in [0, 0.05) is 25.4 Å². The number of fused-ring (bicyclic) bond motifs is 1. The zero-order valence-corrected chi connectivity index (χ0v) is 28.1. The number of aliphatic hydroxyl groups is 4. The maximum absolute atomic E-state index is 12.7. The number of aromatic nitrogens is 4. The molecule has 3 saturated heterocycles. The van der Waals surface area contributed by atoms with Gasteiger partial charge in [-0.2, -0.15) is 8.88 Å². The molecule has 5 unspecified atom stereocenters. The highest BCUT2D eigenvalue weighted by molar-refractivity contribution is 7.61. The number of hydrogen-bond acceptors (Lipinski definition) is 16. The highest BCUT2D eigenvalue weighted by Gasteiger charge is 2.50. The van der Waals surface area contributed by atoms with Crippen molar-refractivity contribution in [3.8, 4) is 0 Å². The number of carbonyl (C=O) groups is 1. The van der Waals surface area contributed by atoms with Gasteiger partial charge in [-0.3, -0.25) is 18.4 Å². The first-order valence-electron chi connectivity index (χ1n) is 15.5. The third-order valence-electron chi connectivity index (χ3n) is 8.57. The average molecular weight is 747 g/mol. The Balaban J connectivity index is 1.08. The molecule has 50 heavy (non-hydrogen) atoms. The van der Waals surface area contributed by atoms with Gasteiger partial charge in [-0.05, 0) is 31.4 Å². The van der Waals surface area contributed by atoms with Gasteiger partial charge in [0.15, 0.2) is 30.4 Å². The van der Waals surface area contributed by atoms with Crippen molar-refractivity contribution < 1.29 is 71.5 Å². The van der Waals surface area contributed by atoms with E-state index in [1.165, 1.54) is 39.9 Å². The molecule has 0 saturated carbocycles. The van der Waals surface area contributed by atoms with Gasteiger partial charge < -0.3 is 56.1 Å². The molecular weight excluding hydrogens is 708 g/mol. The second-order valence-electron chi connectivity index (χ2n) is 12.0. The van der Waals surface area contributed by atoms with E-state index >= 15 is 0 Å². The minimum atomic E-state index is -5.40. The lowest BCUT2D eigenvalue weighted by molar-refractivity contribution is -0.765. The van der Waals surface area contributed by atoms with Crippen LogP contribution in [0.4, 0.5) is 11.6 Å². The van der Waals surface area contributed by atoms with E-state index in [-0.39, 0.29) is 11.2 Å². The van der Waals surface area contributed by atoms with Crippen molar-refractivity contribution in [2.45, 2.75) is 68.3 Å². The van der Waals surface area contributed by atoms with E-state index in [1.807, 2.05) is 4.90 Å². The van der Waals surface area contributed by atoms with Crippen molar-refractivity contribution in [1.82, 2.24) is 14.5 Å². The van der Waals surface area contributed by atoms with Gasteiger partial charge in [-0.25, -0.2) is 19.1 Å². The number of primary amides is 1. The Morgan fingerprint density at radius 3 is 2.26 bits per heavy atom. The fourth-order valence-corrected chi connectivity index (χ4v) is 8.14. The van der Waals surface area contributed by atoms with E-state index in [4.69, 9.17) is 30.0 Å². The first-order chi connectivity index (χ1) is 23.7. The van der Waals surface area contributed by atoms with Crippen LogP contribution in [0.25, 0.3) is 11.2 Å². The van der Waals surface area contributed by atoms with Crippen molar-refractivity contribution in [2.24, 2.45) is 5.73 Å². The number of hydrogen-bond donors (Lipinski definition) is 8. The lowest BCUT2D eigenvalue weighted by Crippen LogP contribution is -2.46. The molecule has 3 aromatic rings. The average Bonchev–Trinajstić information content (AvgIpc) is 3.70. The van der Waals surface area contributed by atoms with E-state index in [2.05, 4.69) is 14.3 Å². The molecule has 10 N–H and O–H groups in total. The molecule has 23 heteroatoms. The molecule has 21 nitrogen and oxygen atoms in total. The number of pyridine rings is 2. The Morgan fingerprint density at radius 1 is 0.960 bits per heavy atom. The number of amides is 1. The maximum Gasteiger partial charge on any atom is 0.481 e. The number of nitrogen functional groups attached to an aromatic ring is 1. The van der Waals surface area contributed by atoms with E-state index in [9.17, 15) is 44.1 Å². The van der Waals surface area contributed by atoms with Gasteiger partial charge >= 0.3 is 15.6 Å². The molecule has 3 aliphatic rings. The predicted molar refractivity (Wildman–Crippen MR) is 168 cm³/mol. The fraction of sp³-hybridized carbons (Fsp3) is 0.556. The van der Waals surface area contributed by atoms with Gasteiger partial charge in [-0.1, -0.05) is 0 Å². The summed E-state index contributed by atoms with van der Waals surface area (Å²) in [5.41, 5.74) is 12.4. The molecule has 3 aromatic heterocycles. The molecule has 6 rings (SSSR count). The van der Waals surface area contributed by atoms with E-state index in [1.54, 1.807) is 6.07 Å². The number of nitrogens with zero attached hydrogens (tertiary/aromatic N) is 5. The number of carbonyl (C=O) groups excluding carboxylic acids is 1. The zero-order valence-electron chi connectivity index (χ0n) is 26.3. The highest BCUT2D eigenvalue weighted by Crippen LogP contribution is 2.60. The van der Waals surface area contributed by atoms with Gasteiger partial charge in [0.05, 0.1) is 18.9 Å². The van der Waals surface area contributed by atoms with Crippen molar-refractivity contribution in [2.75, 3.05) is 36.9 Å². The number of rotatable bonds is 12. The fourth-order valence-electron chi connectivity index (χ4n) is 6.05. The molecule has 1 amide bonds. The largest absolute Gasteiger partial charge is 0.481 e. The molecule has 6 heterocycles. The van der Waals surface area contributed by atoms with E-state index < -0.39 is 83.8 Å². The third kappa shape index (κ3) is 7.56. The summed E-state index contributed by atoms with van der Waals surface area (Å²) in [6, 6.07) is 4.42. The second-order valence-corrected chi connectivity index (χ2v) is 15.1. The summed E-state index contributed by atoms with van der Waals surface area (Å²) in [5.74, 6) is -0.367. The maximum atomic E-state index is 12.7. The number of piperidine rings is 1. The van der Waals surface area contributed by atoms with Crippen LogP contribution in [0.1, 0.15) is 42.1 Å². The molecule has 0 bridgehead atoms. The van der Waals surface area contributed by atoms with Gasteiger partial charge in [0.1, 0.15) is 41.6 Å². The number of aliphatic hydroxyl groups excluding tert-OH is 4. The first-order valence-corrected chi connectivity index (χ1v) is 18.5. The van der Waals surface area contributed by atoms with Crippen LogP contribution in [0.3, 0.4) is 0 Å². The molecule has 0 aliphatic carbocycles. The smallest absolute Gasteiger partial charge is 0.397 e. The van der Waals surface area contributed by atoms with Crippen LogP contribution in [0.2, 0.25) is 0 Å². The first kappa shape index (κ1) is 36.6. The Morgan fingerprint density at radius 2 is 1.60 bits per heavy atom. The van der Waals surface area contributed by atoms with Crippen LogP contribution < -0.4 is 20.9 Å². The monoisotopic (exact) mass is 746 g/mol. The summed E-state index contributed by atoms with van der Waals surface area (Å²) in [4.78, 5) is 42.9. The van der Waals surface area contributed by atoms with Gasteiger partial charge in [-0.15, -0.1) is 0 Å². The summed E-state index contributed by atoms with van der Waals surface area (Å²) >= 11 is 0. The van der Waals surface area contributed by atoms with Gasteiger partial charge in [0.25, 0.3) is 12.1 Å². The number of phosphoric acid groups is 2. The highest BCUT2D eigenvalue weighted by atomic mass is 31.3. The summed E-state index contributed by atoms with van der Waals surface area (Å²) in [6.07, 6.45) is -4.94. The lowest BCUT2D eigenvalue weighted by atomic mass is 10.1. The summed E-state index contributed by atoms with van der Waals surface area (Å²) in [7, 11) is -10.8. The third-order valence-corrected chi connectivity index (χ3v) is 11.2. The van der Waals surface area contributed by atoms with Crippen LogP contribution in [0, 0.1) is 0 Å². The second kappa shape index (κ2) is 14.5. The van der Waals surface area contributed by atoms with E-state index in [0.717, 1.165) is 19.3 Å². The molecule has 0 spiro atoms. The zero-order chi connectivity index (χ0) is 36.0. The topological polar surface area (TPSA) is 309 Å². The Bertz CT molecular complexity index is 1810. The minimum absolute atomic E-state index is 0.0737. The number of ether oxygens (including phenoxy) is 2. The van der Waals surface area contributed by atoms with Crippen molar-refractivity contribution in [3.63, 3.8) is 0 Å². The van der Waals surface area contributed by atoms with Gasteiger partial charge in [0.2, 0.25) is 5.95 Å². The number of nitrogens with two attached hydrogens (primary N) is 2. The van der Waals surface area contributed by atoms with E-state index in [0.29, 0.717) is 30.2 Å². The summed E-state index contributed by atoms with van der Waals surface area (Å²) in [6.45, 7) is -0.463. The molecule has 0 radical (unpaired) electrons. The summed E-state index contributed by atoms with van der Waals surface area (Å²) < 4.78 is 53.4. The molecule has 3 aliphatic heterocycles. The van der Waals surface area contributed by atoms with Crippen LogP contribution in [0.5, 0.6) is 0 Å². The number of phosphoric ester groups is 2. The quantitative estimate of drug-likeness (QED) is 0.0779. The molecule has 3 fully saturated rings. The Labute approximate surface area is 283 Å². The molecular formula is C27H38N7O14P2+. The number of anilines is 2. The lowest BCUT2D eigenvalue weighted by Gasteiger charge is -2.30. The van der Waals surface area contributed by atoms with Crippen LogP contribution in [0.15, 0.2) is 36.8 Å². The minimum Gasteiger partial charge on any atom is -0.397 e. The van der Waals surface area contributed by atoms with Crippen LogP contribution in [-0.4, -0.2) is 114 Å². The molecule has 0 aromatic carbocycles. The van der Waals surface area contributed by atoms with Crippen molar-refractivity contribution >= 4 is 44.4 Å². The number of imidazole rings is 1. The van der Waals surface area contributed by atoms with Crippen molar-refractivity contribution in [3.05, 3.63) is 42.4 Å². The Hall–Kier alpha value is -3.14. The normalized spacial score (nSPS) is 31.1.